The predicted molar refractivity (Wildman–Crippen MR) is 94.3 cm³/mol. The summed E-state index contributed by atoms with van der Waals surface area (Å²) in [5, 5.41) is 7.25. The molecule has 0 aliphatic heterocycles. The maximum atomic E-state index is 12.3. The number of rotatable bonds is 7. The molecule has 0 bridgehead atoms. The van der Waals surface area contributed by atoms with Crippen LogP contribution in [0.1, 0.15) is 35.8 Å². The Morgan fingerprint density at radius 1 is 1.41 bits per heavy atom. The van der Waals surface area contributed by atoms with Gasteiger partial charge in [-0.1, -0.05) is 13.8 Å². The molecule has 2 heterocycles. The van der Waals surface area contributed by atoms with Gasteiger partial charge in [0.1, 0.15) is 0 Å². The monoisotopic (exact) mass is 381 g/mol. The van der Waals surface area contributed by atoms with Crippen LogP contribution in [0, 0.1) is 0 Å². The Morgan fingerprint density at radius 2 is 2.18 bits per heavy atom. The van der Waals surface area contributed by atoms with Crippen LogP contribution in [-0.4, -0.2) is 35.4 Å². The van der Waals surface area contributed by atoms with Crippen LogP contribution in [0.15, 0.2) is 39.8 Å². The summed E-state index contributed by atoms with van der Waals surface area (Å²) in [4.78, 5) is 18.7. The van der Waals surface area contributed by atoms with E-state index in [0.29, 0.717) is 12.1 Å². The van der Waals surface area contributed by atoms with E-state index in [2.05, 4.69) is 61.8 Å². The Bertz CT molecular complexity index is 599. The van der Waals surface area contributed by atoms with Crippen molar-refractivity contribution in [1.29, 1.82) is 0 Å². The van der Waals surface area contributed by atoms with Gasteiger partial charge in [0.2, 0.25) is 0 Å². The van der Waals surface area contributed by atoms with Crippen molar-refractivity contribution in [3.8, 4) is 0 Å². The lowest BCUT2D eigenvalue weighted by molar-refractivity contribution is 0.0934. The second-order valence-electron chi connectivity index (χ2n) is 4.90. The Hall–Kier alpha value is -1.24. The number of carbonyl (C=O) groups excluding carboxylic acids is 1. The Morgan fingerprint density at radius 3 is 2.77 bits per heavy atom. The van der Waals surface area contributed by atoms with Crippen LogP contribution >= 0.6 is 27.3 Å². The average Bonchev–Trinajstić information content (AvgIpc) is 3.05. The molecule has 0 spiro atoms. The van der Waals surface area contributed by atoms with Gasteiger partial charge in [-0.25, -0.2) is 0 Å². The van der Waals surface area contributed by atoms with Gasteiger partial charge in [0, 0.05) is 23.4 Å². The molecule has 6 heteroatoms. The molecule has 1 atom stereocenters. The van der Waals surface area contributed by atoms with Crippen molar-refractivity contribution in [2.24, 2.45) is 0 Å². The van der Waals surface area contributed by atoms with E-state index in [1.54, 1.807) is 29.8 Å². The number of pyridine rings is 1. The topological polar surface area (TPSA) is 45.2 Å². The summed E-state index contributed by atoms with van der Waals surface area (Å²) in [6, 6.07) is 4.10. The van der Waals surface area contributed by atoms with Crippen molar-refractivity contribution in [2.45, 2.75) is 19.9 Å². The van der Waals surface area contributed by atoms with Crippen molar-refractivity contribution in [3.63, 3.8) is 0 Å². The lowest BCUT2D eigenvalue weighted by Gasteiger charge is -2.29. The van der Waals surface area contributed by atoms with Gasteiger partial charge in [-0.05, 0) is 57.5 Å². The Kier molecular flexibility index (Phi) is 6.54. The second kappa shape index (κ2) is 8.41. The van der Waals surface area contributed by atoms with Crippen LogP contribution in [0.5, 0.6) is 0 Å². The van der Waals surface area contributed by atoms with Gasteiger partial charge < -0.3 is 5.32 Å². The molecule has 0 saturated carbocycles. The minimum atomic E-state index is -0.0961. The van der Waals surface area contributed by atoms with E-state index in [1.807, 2.05) is 0 Å². The zero-order valence-electron chi connectivity index (χ0n) is 12.8. The van der Waals surface area contributed by atoms with Gasteiger partial charge in [-0.2, -0.15) is 11.3 Å². The highest BCUT2D eigenvalue weighted by atomic mass is 79.9. The van der Waals surface area contributed by atoms with Crippen LogP contribution in [0.3, 0.4) is 0 Å². The van der Waals surface area contributed by atoms with Gasteiger partial charge in [-0.3, -0.25) is 14.7 Å². The summed E-state index contributed by atoms with van der Waals surface area (Å²) in [6.07, 6.45) is 3.25. The van der Waals surface area contributed by atoms with Crippen molar-refractivity contribution in [3.05, 3.63) is 50.9 Å². The van der Waals surface area contributed by atoms with Crippen LogP contribution in [-0.2, 0) is 0 Å². The smallest absolute Gasteiger partial charge is 0.252 e. The van der Waals surface area contributed by atoms with Gasteiger partial charge in [0.15, 0.2) is 0 Å². The molecule has 0 aliphatic carbocycles. The molecule has 2 aromatic heterocycles. The number of hydrogen-bond donors (Lipinski definition) is 1. The highest BCUT2D eigenvalue weighted by molar-refractivity contribution is 9.10. The highest BCUT2D eigenvalue weighted by Gasteiger charge is 2.19. The lowest BCUT2D eigenvalue weighted by atomic mass is 10.1. The van der Waals surface area contributed by atoms with E-state index in [1.165, 1.54) is 5.56 Å². The zero-order chi connectivity index (χ0) is 15.9. The van der Waals surface area contributed by atoms with Gasteiger partial charge >= 0.3 is 0 Å². The fourth-order valence-electron chi connectivity index (χ4n) is 2.41. The normalized spacial score (nSPS) is 12.4. The molecule has 0 aliphatic rings. The summed E-state index contributed by atoms with van der Waals surface area (Å²) >= 11 is 5.02. The molecule has 118 valence electrons. The second-order valence-corrected chi connectivity index (χ2v) is 6.59. The number of amides is 1. The number of aromatic nitrogens is 1. The molecule has 2 rings (SSSR count). The molecular weight excluding hydrogens is 362 g/mol. The highest BCUT2D eigenvalue weighted by Crippen LogP contribution is 2.22. The predicted octanol–water partition coefficient (Wildman–Crippen LogP) is 3.72. The number of likely N-dealkylation sites (N-methyl/N-ethyl adjacent to an activating group) is 1. The SMILES string of the molecule is CCN(CC)[C@@H](CNC(=O)c1cncc(Br)c1)c1ccsc1. The molecule has 0 fully saturated rings. The molecule has 22 heavy (non-hydrogen) atoms. The van der Waals surface area contributed by atoms with Crippen LogP contribution in [0.2, 0.25) is 0 Å². The molecule has 0 aromatic carbocycles. The summed E-state index contributed by atoms with van der Waals surface area (Å²) in [6.45, 7) is 6.77. The quantitative estimate of drug-likeness (QED) is 0.794. The van der Waals surface area contributed by atoms with Crippen molar-refractivity contribution in [1.82, 2.24) is 15.2 Å². The van der Waals surface area contributed by atoms with Gasteiger partial charge in [0.05, 0.1) is 11.6 Å². The number of carbonyl (C=O) groups is 1. The first-order chi connectivity index (χ1) is 10.7. The third kappa shape index (κ3) is 4.38. The van der Waals surface area contributed by atoms with Crippen LogP contribution in [0.4, 0.5) is 0 Å². The fourth-order valence-corrected chi connectivity index (χ4v) is 3.49. The number of hydrogen-bond acceptors (Lipinski definition) is 4. The standard InChI is InChI=1S/C16H20BrN3OS/c1-3-20(4-2)15(12-5-6-22-11-12)10-19-16(21)13-7-14(17)9-18-8-13/h5-9,11,15H,3-4,10H2,1-2H3,(H,19,21)/t15-/m0/s1. The minimum Gasteiger partial charge on any atom is -0.350 e. The van der Waals surface area contributed by atoms with Crippen LogP contribution in [0.25, 0.3) is 0 Å². The summed E-state index contributed by atoms with van der Waals surface area (Å²) < 4.78 is 0.804. The average molecular weight is 382 g/mol. The van der Waals surface area contributed by atoms with E-state index >= 15 is 0 Å². The zero-order valence-corrected chi connectivity index (χ0v) is 15.2. The lowest BCUT2D eigenvalue weighted by Crippen LogP contribution is -2.37. The number of nitrogens with one attached hydrogen (secondary N) is 1. The van der Waals surface area contributed by atoms with Crippen molar-refractivity contribution in [2.75, 3.05) is 19.6 Å². The molecule has 1 amide bonds. The molecule has 4 nitrogen and oxygen atoms in total. The summed E-state index contributed by atoms with van der Waals surface area (Å²) in [7, 11) is 0. The number of halogens is 1. The van der Waals surface area contributed by atoms with E-state index < -0.39 is 0 Å². The first-order valence-corrected chi connectivity index (χ1v) is 9.04. The van der Waals surface area contributed by atoms with E-state index in [9.17, 15) is 4.79 Å². The Balaban J connectivity index is 2.06. The molecule has 1 N–H and O–H groups in total. The molecule has 2 aromatic rings. The third-order valence-corrected chi connectivity index (χ3v) is 4.74. The number of nitrogens with zero attached hydrogens (tertiary/aromatic N) is 2. The largest absolute Gasteiger partial charge is 0.350 e. The van der Waals surface area contributed by atoms with E-state index in [4.69, 9.17) is 0 Å². The van der Waals surface area contributed by atoms with Gasteiger partial charge in [0.25, 0.3) is 5.91 Å². The molecule has 0 radical (unpaired) electrons. The maximum absolute atomic E-state index is 12.3. The summed E-state index contributed by atoms with van der Waals surface area (Å²) in [5.74, 6) is -0.0961. The Labute approximate surface area is 143 Å². The first-order valence-electron chi connectivity index (χ1n) is 7.30. The van der Waals surface area contributed by atoms with Crippen LogP contribution < -0.4 is 5.32 Å². The molecule has 0 saturated heterocycles. The molecule has 0 unspecified atom stereocenters. The van der Waals surface area contributed by atoms with E-state index in [-0.39, 0.29) is 11.9 Å². The first kappa shape index (κ1) is 17.1. The minimum absolute atomic E-state index is 0.0961. The third-order valence-electron chi connectivity index (χ3n) is 3.60. The molecular formula is C16H20BrN3OS. The van der Waals surface area contributed by atoms with Gasteiger partial charge in [-0.15, -0.1) is 0 Å². The number of thiophene rings is 1. The van der Waals surface area contributed by atoms with Crippen molar-refractivity contribution >= 4 is 33.2 Å². The maximum Gasteiger partial charge on any atom is 0.252 e. The fraction of sp³-hybridized carbons (Fsp3) is 0.375. The van der Waals surface area contributed by atoms with Crippen molar-refractivity contribution < 1.29 is 4.79 Å². The summed E-state index contributed by atoms with van der Waals surface area (Å²) in [5.41, 5.74) is 1.82. The van der Waals surface area contributed by atoms with E-state index in [0.717, 1.165) is 17.6 Å².